The second-order valence-electron chi connectivity index (χ2n) is 6.83. The van der Waals surface area contributed by atoms with Gasteiger partial charge < -0.3 is 5.32 Å². The number of halogens is 2. The van der Waals surface area contributed by atoms with Crippen molar-refractivity contribution < 1.29 is 4.39 Å². The predicted molar refractivity (Wildman–Crippen MR) is 90.9 cm³/mol. The van der Waals surface area contributed by atoms with Gasteiger partial charge in [0.2, 0.25) is 0 Å². The molecule has 21 heavy (non-hydrogen) atoms. The van der Waals surface area contributed by atoms with Gasteiger partial charge in [0.05, 0.1) is 0 Å². The number of benzene rings is 1. The third kappa shape index (κ3) is 4.53. The van der Waals surface area contributed by atoms with E-state index in [-0.39, 0.29) is 5.82 Å². The maximum absolute atomic E-state index is 13.5. The number of nitrogens with one attached hydrogen (secondary N) is 1. The molecule has 0 aromatic heterocycles. The normalized spacial score (nSPS) is 26.3. The van der Waals surface area contributed by atoms with Gasteiger partial charge in [0, 0.05) is 4.47 Å². The molecule has 0 bridgehead atoms. The highest BCUT2D eigenvalue weighted by atomic mass is 79.9. The van der Waals surface area contributed by atoms with E-state index in [9.17, 15) is 4.39 Å². The van der Waals surface area contributed by atoms with Gasteiger partial charge >= 0.3 is 0 Å². The third-order valence-corrected chi connectivity index (χ3v) is 5.85. The number of rotatable bonds is 5. The van der Waals surface area contributed by atoms with Gasteiger partial charge in [-0.25, -0.2) is 4.39 Å². The highest BCUT2D eigenvalue weighted by molar-refractivity contribution is 9.10. The van der Waals surface area contributed by atoms with Crippen LogP contribution in [0.5, 0.6) is 0 Å². The van der Waals surface area contributed by atoms with Gasteiger partial charge in [-0.2, -0.15) is 0 Å². The minimum Gasteiger partial charge on any atom is -0.319 e. The lowest BCUT2D eigenvalue weighted by Crippen LogP contribution is -2.34. The zero-order valence-electron chi connectivity index (χ0n) is 13.3. The molecule has 0 radical (unpaired) electrons. The Labute approximate surface area is 136 Å². The first-order valence-corrected chi connectivity index (χ1v) is 8.89. The first kappa shape index (κ1) is 17.0. The second-order valence-corrected chi connectivity index (χ2v) is 7.69. The summed E-state index contributed by atoms with van der Waals surface area (Å²) in [5, 5.41) is 3.34. The summed E-state index contributed by atoms with van der Waals surface area (Å²) < 4.78 is 14.6. The predicted octanol–water partition coefficient (Wildman–Crippen LogP) is 5.04. The maximum atomic E-state index is 13.5. The highest BCUT2D eigenvalue weighted by Gasteiger charge is 2.31. The molecule has 0 aliphatic heterocycles. The van der Waals surface area contributed by atoms with Crippen LogP contribution >= 0.6 is 15.9 Å². The Bertz CT molecular complexity index is 461. The average molecular weight is 356 g/mol. The fourth-order valence-corrected chi connectivity index (χ4v) is 4.14. The van der Waals surface area contributed by atoms with Gasteiger partial charge in [-0.05, 0) is 86.7 Å². The molecule has 1 aromatic carbocycles. The lowest BCUT2D eigenvalue weighted by Gasteiger charge is -2.38. The van der Waals surface area contributed by atoms with Crippen LogP contribution in [-0.4, -0.2) is 13.6 Å². The summed E-state index contributed by atoms with van der Waals surface area (Å²) in [6.07, 6.45) is 4.88. The monoisotopic (exact) mass is 355 g/mol. The standard InChI is InChI=1S/C18H27BrFN/c1-12(2)13-4-5-14(11-21-3)15(8-13)9-16-10-17(20)6-7-18(16)19/h6-7,10,12-15,21H,4-5,8-9,11H2,1-3H3. The van der Waals surface area contributed by atoms with Crippen molar-refractivity contribution in [3.63, 3.8) is 0 Å². The van der Waals surface area contributed by atoms with Crippen LogP contribution in [0.15, 0.2) is 22.7 Å². The molecule has 0 amide bonds. The molecule has 2 rings (SSSR count). The van der Waals surface area contributed by atoms with Gasteiger partial charge in [0.15, 0.2) is 0 Å². The van der Waals surface area contributed by atoms with E-state index < -0.39 is 0 Å². The molecule has 1 aliphatic carbocycles. The first-order valence-electron chi connectivity index (χ1n) is 8.09. The summed E-state index contributed by atoms with van der Waals surface area (Å²) in [5.41, 5.74) is 1.12. The average Bonchev–Trinajstić information content (AvgIpc) is 2.44. The number of hydrogen-bond donors (Lipinski definition) is 1. The Kier molecular flexibility index (Phi) is 6.24. The van der Waals surface area contributed by atoms with Crippen molar-refractivity contribution in [1.29, 1.82) is 0 Å². The van der Waals surface area contributed by atoms with E-state index in [2.05, 4.69) is 35.1 Å². The molecule has 1 aliphatic rings. The Balaban J connectivity index is 2.13. The van der Waals surface area contributed by atoms with Crippen molar-refractivity contribution in [1.82, 2.24) is 5.32 Å². The van der Waals surface area contributed by atoms with Crippen LogP contribution in [0.2, 0.25) is 0 Å². The van der Waals surface area contributed by atoms with Crippen molar-refractivity contribution >= 4 is 15.9 Å². The molecule has 3 heteroatoms. The quantitative estimate of drug-likeness (QED) is 0.780. The summed E-state index contributed by atoms with van der Waals surface area (Å²) in [7, 11) is 2.03. The zero-order valence-corrected chi connectivity index (χ0v) is 14.9. The Morgan fingerprint density at radius 3 is 2.71 bits per heavy atom. The van der Waals surface area contributed by atoms with Crippen molar-refractivity contribution in [2.24, 2.45) is 23.7 Å². The zero-order chi connectivity index (χ0) is 15.4. The molecule has 1 aromatic rings. The van der Waals surface area contributed by atoms with E-state index in [1.54, 1.807) is 6.07 Å². The molecule has 1 fully saturated rings. The largest absolute Gasteiger partial charge is 0.319 e. The van der Waals surface area contributed by atoms with Gasteiger partial charge in [-0.1, -0.05) is 29.8 Å². The van der Waals surface area contributed by atoms with E-state index >= 15 is 0 Å². The molecule has 1 nitrogen and oxygen atoms in total. The van der Waals surface area contributed by atoms with E-state index in [0.29, 0.717) is 11.8 Å². The Morgan fingerprint density at radius 1 is 1.29 bits per heavy atom. The molecule has 0 spiro atoms. The summed E-state index contributed by atoms with van der Waals surface area (Å²) in [5.74, 6) is 2.79. The third-order valence-electron chi connectivity index (χ3n) is 5.08. The van der Waals surface area contributed by atoms with Gasteiger partial charge in [0.1, 0.15) is 5.82 Å². The lowest BCUT2D eigenvalue weighted by molar-refractivity contribution is 0.146. The van der Waals surface area contributed by atoms with Crippen molar-refractivity contribution in [3.8, 4) is 0 Å². The summed E-state index contributed by atoms with van der Waals surface area (Å²) in [4.78, 5) is 0. The topological polar surface area (TPSA) is 12.0 Å². The summed E-state index contributed by atoms with van der Waals surface area (Å²) >= 11 is 3.58. The van der Waals surface area contributed by atoms with Crippen LogP contribution in [-0.2, 0) is 6.42 Å². The lowest BCUT2D eigenvalue weighted by atomic mass is 9.68. The molecule has 3 atom stereocenters. The minimum absolute atomic E-state index is 0.130. The van der Waals surface area contributed by atoms with Crippen LogP contribution in [0.25, 0.3) is 0 Å². The van der Waals surface area contributed by atoms with Crippen LogP contribution in [0.1, 0.15) is 38.7 Å². The SMILES string of the molecule is CNCC1CCC(C(C)C)CC1Cc1cc(F)ccc1Br. The fraction of sp³-hybridized carbons (Fsp3) is 0.667. The molecule has 1 N–H and O–H groups in total. The van der Waals surface area contributed by atoms with E-state index in [1.165, 1.54) is 25.3 Å². The van der Waals surface area contributed by atoms with Gasteiger partial charge in [-0.3, -0.25) is 0 Å². The molecule has 118 valence electrons. The molecule has 0 saturated heterocycles. The first-order chi connectivity index (χ1) is 10.0. The van der Waals surface area contributed by atoms with E-state index in [1.807, 2.05) is 13.1 Å². The molecule has 0 heterocycles. The van der Waals surface area contributed by atoms with Crippen molar-refractivity contribution in [3.05, 3.63) is 34.1 Å². The van der Waals surface area contributed by atoms with Crippen LogP contribution in [0, 0.1) is 29.5 Å². The Morgan fingerprint density at radius 2 is 2.05 bits per heavy atom. The molecule has 3 unspecified atom stereocenters. The van der Waals surface area contributed by atoms with Gasteiger partial charge in [0.25, 0.3) is 0 Å². The van der Waals surface area contributed by atoms with E-state index in [0.717, 1.165) is 34.8 Å². The molecular weight excluding hydrogens is 329 g/mol. The van der Waals surface area contributed by atoms with Gasteiger partial charge in [-0.15, -0.1) is 0 Å². The highest BCUT2D eigenvalue weighted by Crippen LogP contribution is 2.39. The van der Waals surface area contributed by atoms with E-state index in [4.69, 9.17) is 0 Å². The van der Waals surface area contributed by atoms with Crippen LogP contribution in [0.4, 0.5) is 4.39 Å². The van der Waals surface area contributed by atoms with Crippen molar-refractivity contribution in [2.75, 3.05) is 13.6 Å². The summed E-state index contributed by atoms with van der Waals surface area (Å²) in [6.45, 7) is 5.73. The summed E-state index contributed by atoms with van der Waals surface area (Å²) in [6, 6.07) is 5.05. The number of hydrogen-bond acceptors (Lipinski definition) is 1. The van der Waals surface area contributed by atoms with Crippen LogP contribution in [0.3, 0.4) is 0 Å². The molecular formula is C18H27BrFN. The minimum atomic E-state index is -0.130. The van der Waals surface area contributed by atoms with Crippen molar-refractivity contribution in [2.45, 2.75) is 39.5 Å². The molecule has 1 saturated carbocycles. The second kappa shape index (κ2) is 7.73. The Hall–Kier alpha value is -0.410. The van der Waals surface area contributed by atoms with Crippen LogP contribution < -0.4 is 5.32 Å². The smallest absolute Gasteiger partial charge is 0.123 e. The maximum Gasteiger partial charge on any atom is 0.123 e. The fourth-order valence-electron chi connectivity index (χ4n) is 3.73.